The lowest BCUT2D eigenvalue weighted by molar-refractivity contribution is -0.186. The Morgan fingerprint density at radius 1 is 1.22 bits per heavy atom. The third-order valence-corrected chi connectivity index (χ3v) is 3.45. The minimum Gasteiger partial charge on any atom is -0.351 e. The first-order valence-corrected chi connectivity index (χ1v) is 6.47. The summed E-state index contributed by atoms with van der Waals surface area (Å²) in [5.74, 6) is -1.70. The molecule has 0 radical (unpaired) electrons. The molecule has 2 aliphatic rings. The molecule has 2 N–H and O–H groups in total. The van der Waals surface area contributed by atoms with E-state index in [9.17, 15) is 9.59 Å². The second-order valence-corrected chi connectivity index (χ2v) is 4.81. The smallest absolute Gasteiger partial charge is 0.309 e. The maximum absolute atomic E-state index is 11.3. The minimum absolute atomic E-state index is 0.156. The number of rotatable bonds is 2. The van der Waals surface area contributed by atoms with Crippen molar-refractivity contribution in [2.45, 2.75) is 44.0 Å². The van der Waals surface area contributed by atoms with E-state index in [1.165, 1.54) is 13.5 Å². The molecule has 0 aromatic heterocycles. The molecular formula is C12H20N2O4. The van der Waals surface area contributed by atoms with Crippen LogP contribution in [0.3, 0.4) is 0 Å². The molecule has 0 aromatic rings. The van der Waals surface area contributed by atoms with Gasteiger partial charge in [-0.3, -0.25) is 9.59 Å². The lowest BCUT2D eigenvalue weighted by atomic mass is 9.94. The number of nitrogens with one attached hydrogen (secondary N) is 2. The average molecular weight is 256 g/mol. The van der Waals surface area contributed by atoms with Crippen LogP contribution in [-0.2, 0) is 19.1 Å². The van der Waals surface area contributed by atoms with Crippen LogP contribution in [0.15, 0.2) is 0 Å². The van der Waals surface area contributed by atoms with E-state index in [0.717, 1.165) is 25.7 Å². The van der Waals surface area contributed by atoms with Crippen molar-refractivity contribution in [2.24, 2.45) is 0 Å². The van der Waals surface area contributed by atoms with Gasteiger partial charge in [0.05, 0.1) is 6.61 Å². The number of carbonyl (C=O) groups is 2. The van der Waals surface area contributed by atoms with Crippen molar-refractivity contribution >= 4 is 11.8 Å². The Kier molecular flexibility index (Phi) is 4.19. The molecule has 1 saturated heterocycles. The zero-order valence-corrected chi connectivity index (χ0v) is 10.7. The van der Waals surface area contributed by atoms with E-state index in [1.54, 1.807) is 0 Å². The summed E-state index contributed by atoms with van der Waals surface area (Å²) in [4.78, 5) is 22.3. The van der Waals surface area contributed by atoms with Gasteiger partial charge in [-0.1, -0.05) is 6.42 Å². The molecule has 6 heteroatoms. The van der Waals surface area contributed by atoms with Crippen molar-refractivity contribution in [3.8, 4) is 0 Å². The van der Waals surface area contributed by atoms with Crippen LogP contribution in [0.4, 0.5) is 0 Å². The lowest BCUT2D eigenvalue weighted by Gasteiger charge is -2.31. The van der Waals surface area contributed by atoms with E-state index in [0.29, 0.717) is 13.2 Å². The van der Waals surface area contributed by atoms with E-state index < -0.39 is 17.6 Å². The fraction of sp³-hybridized carbons (Fsp3) is 0.833. The van der Waals surface area contributed by atoms with Gasteiger partial charge in [0, 0.05) is 26.4 Å². The summed E-state index contributed by atoms with van der Waals surface area (Å²) >= 11 is 0. The van der Waals surface area contributed by atoms with E-state index in [-0.39, 0.29) is 6.10 Å². The summed E-state index contributed by atoms with van der Waals surface area (Å²) < 4.78 is 11.6. The molecule has 2 fully saturated rings. The first kappa shape index (κ1) is 13.3. The quantitative estimate of drug-likeness (QED) is 0.678. The second-order valence-electron chi connectivity index (χ2n) is 4.81. The molecule has 1 aliphatic carbocycles. The Hall–Kier alpha value is -1.14. The lowest BCUT2D eigenvalue weighted by Crippen LogP contribution is -2.42. The van der Waals surface area contributed by atoms with Crippen LogP contribution in [0.1, 0.15) is 32.1 Å². The summed E-state index contributed by atoms with van der Waals surface area (Å²) in [6, 6.07) is 0. The van der Waals surface area contributed by atoms with Crippen molar-refractivity contribution in [1.82, 2.24) is 10.6 Å². The highest BCUT2D eigenvalue weighted by Crippen LogP contribution is 2.37. The van der Waals surface area contributed by atoms with Gasteiger partial charge in [0.1, 0.15) is 6.10 Å². The Bertz CT molecular complexity index is 326. The Balaban J connectivity index is 1.76. The highest BCUT2D eigenvalue weighted by atomic mass is 16.7. The Morgan fingerprint density at radius 2 is 1.94 bits per heavy atom. The van der Waals surface area contributed by atoms with Gasteiger partial charge in [-0.15, -0.1) is 0 Å². The zero-order chi connectivity index (χ0) is 13.0. The highest BCUT2D eigenvalue weighted by Gasteiger charge is 2.42. The molecule has 2 amide bonds. The summed E-state index contributed by atoms with van der Waals surface area (Å²) in [6.45, 7) is 0.794. The molecule has 0 bridgehead atoms. The molecule has 1 atom stereocenters. The number of hydrogen-bond acceptors (Lipinski definition) is 4. The molecule has 102 valence electrons. The van der Waals surface area contributed by atoms with Gasteiger partial charge in [-0.2, -0.15) is 0 Å². The number of hydrogen-bond donors (Lipinski definition) is 2. The Morgan fingerprint density at radius 3 is 2.61 bits per heavy atom. The number of likely N-dealkylation sites (N-methyl/N-ethyl adjacent to an activating group) is 1. The van der Waals surface area contributed by atoms with E-state index >= 15 is 0 Å². The summed E-state index contributed by atoms with van der Waals surface area (Å²) in [6.07, 6.45) is 5.16. The molecule has 6 nitrogen and oxygen atoms in total. The first-order valence-electron chi connectivity index (χ1n) is 6.47. The van der Waals surface area contributed by atoms with Gasteiger partial charge in [-0.05, 0) is 12.8 Å². The van der Waals surface area contributed by atoms with Crippen molar-refractivity contribution in [2.75, 3.05) is 20.2 Å². The van der Waals surface area contributed by atoms with E-state index in [1.807, 2.05) is 0 Å². The van der Waals surface area contributed by atoms with E-state index in [4.69, 9.17) is 9.47 Å². The largest absolute Gasteiger partial charge is 0.351 e. The van der Waals surface area contributed by atoms with Gasteiger partial charge in [0.2, 0.25) is 0 Å². The molecule has 1 unspecified atom stereocenters. The normalized spacial score (nSPS) is 25.9. The number of ether oxygens (including phenoxy) is 2. The predicted molar refractivity (Wildman–Crippen MR) is 63.7 cm³/mol. The SMILES string of the molecule is CNC(=O)C(=O)NCC1COC2(CCCCC2)O1. The molecule has 1 spiro atoms. The predicted octanol–water partition coefficient (Wildman–Crippen LogP) is -0.0756. The van der Waals surface area contributed by atoms with Gasteiger partial charge in [0.15, 0.2) is 5.79 Å². The maximum atomic E-state index is 11.3. The van der Waals surface area contributed by atoms with Crippen molar-refractivity contribution < 1.29 is 19.1 Å². The third kappa shape index (κ3) is 3.00. The van der Waals surface area contributed by atoms with Crippen LogP contribution in [0.25, 0.3) is 0 Å². The second kappa shape index (κ2) is 5.67. The van der Waals surface area contributed by atoms with Gasteiger partial charge in [-0.25, -0.2) is 0 Å². The van der Waals surface area contributed by atoms with Gasteiger partial charge >= 0.3 is 11.8 Å². The van der Waals surface area contributed by atoms with Gasteiger partial charge in [0.25, 0.3) is 0 Å². The average Bonchev–Trinajstić information content (AvgIpc) is 2.79. The number of carbonyl (C=O) groups excluding carboxylic acids is 2. The zero-order valence-electron chi connectivity index (χ0n) is 10.7. The summed E-state index contributed by atoms with van der Waals surface area (Å²) in [5, 5.41) is 4.82. The van der Waals surface area contributed by atoms with Crippen LogP contribution < -0.4 is 10.6 Å². The molecular weight excluding hydrogens is 236 g/mol. The summed E-state index contributed by atoms with van der Waals surface area (Å²) in [7, 11) is 1.42. The third-order valence-electron chi connectivity index (χ3n) is 3.45. The van der Waals surface area contributed by atoms with E-state index in [2.05, 4.69) is 10.6 Å². The Labute approximate surface area is 106 Å². The molecule has 18 heavy (non-hydrogen) atoms. The summed E-state index contributed by atoms with van der Waals surface area (Å²) in [5.41, 5.74) is 0. The van der Waals surface area contributed by atoms with Gasteiger partial charge < -0.3 is 20.1 Å². The monoisotopic (exact) mass is 256 g/mol. The molecule has 1 saturated carbocycles. The molecule has 1 heterocycles. The molecule has 2 rings (SSSR count). The highest BCUT2D eigenvalue weighted by molar-refractivity contribution is 6.35. The molecule has 1 aliphatic heterocycles. The minimum atomic E-state index is -0.638. The van der Waals surface area contributed by atoms with Crippen LogP contribution in [0.5, 0.6) is 0 Å². The van der Waals surface area contributed by atoms with Crippen LogP contribution >= 0.6 is 0 Å². The maximum Gasteiger partial charge on any atom is 0.309 e. The van der Waals surface area contributed by atoms with Crippen molar-refractivity contribution in [3.63, 3.8) is 0 Å². The standard InChI is InChI=1S/C12H20N2O4/c1-13-10(15)11(16)14-7-9-8-17-12(18-9)5-3-2-4-6-12/h9H,2-8H2,1H3,(H,13,15)(H,14,16). The van der Waals surface area contributed by atoms with Crippen LogP contribution in [-0.4, -0.2) is 43.9 Å². The first-order chi connectivity index (χ1) is 8.65. The van der Waals surface area contributed by atoms with Crippen molar-refractivity contribution in [1.29, 1.82) is 0 Å². The molecule has 0 aromatic carbocycles. The van der Waals surface area contributed by atoms with Crippen LogP contribution in [0.2, 0.25) is 0 Å². The van der Waals surface area contributed by atoms with Crippen LogP contribution in [0, 0.1) is 0 Å². The fourth-order valence-corrected chi connectivity index (χ4v) is 2.47. The number of amides is 2. The fourth-order valence-electron chi connectivity index (χ4n) is 2.47. The van der Waals surface area contributed by atoms with Crippen molar-refractivity contribution in [3.05, 3.63) is 0 Å². The topological polar surface area (TPSA) is 76.7 Å².